The highest BCUT2D eigenvalue weighted by Crippen LogP contribution is 2.22. The average Bonchev–Trinajstić information content (AvgIpc) is 2.87. The van der Waals surface area contributed by atoms with Crippen LogP contribution in [0.15, 0.2) is 35.9 Å². The minimum Gasteiger partial charge on any atom is -0.479 e. The molecule has 1 aromatic rings. The minimum atomic E-state index is -1.30. The number of fused-ring (bicyclic) bond motifs is 1. The molecule has 1 aromatic carbocycles. The zero-order valence-electron chi connectivity index (χ0n) is 17.7. The molecule has 0 aromatic heterocycles. The number of imide groups is 1. The van der Waals surface area contributed by atoms with E-state index >= 15 is 0 Å². The van der Waals surface area contributed by atoms with Gasteiger partial charge in [-0.2, -0.15) is 0 Å². The number of nitrogens with zero attached hydrogens (tertiary/aromatic N) is 2. The van der Waals surface area contributed by atoms with Crippen LogP contribution in [-0.4, -0.2) is 63.7 Å². The lowest BCUT2D eigenvalue weighted by Gasteiger charge is -2.30. The molecule has 1 heterocycles. The Bertz CT molecular complexity index is 847. The van der Waals surface area contributed by atoms with E-state index in [1.807, 2.05) is 0 Å². The molecule has 1 atom stereocenters. The smallest absolute Gasteiger partial charge is 0.411 e. The van der Waals surface area contributed by atoms with Crippen molar-refractivity contribution in [2.24, 2.45) is 0 Å². The summed E-state index contributed by atoms with van der Waals surface area (Å²) in [6.07, 6.45) is 0.562. The molecule has 0 fully saturated rings. The lowest BCUT2D eigenvalue weighted by atomic mass is 10.1. The van der Waals surface area contributed by atoms with Gasteiger partial charge in [-0.05, 0) is 46.8 Å². The third-order valence-corrected chi connectivity index (χ3v) is 4.02. The van der Waals surface area contributed by atoms with Gasteiger partial charge in [0.1, 0.15) is 5.60 Å². The van der Waals surface area contributed by atoms with E-state index in [1.54, 1.807) is 46.8 Å². The van der Waals surface area contributed by atoms with E-state index in [4.69, 9.17) is 9.57 Å². The van der Waals surface area contributed by atoms with Crippen LogP contribution in [0.2, 0.25) is 0 Å². The summed E-state index contributed by atoms with van der Waals surface area (Å²) < 4.78 is 5.32. The van der Waals surface area contributed by atoms with Crippen molar-refractivity contribution in [3.63, 3.8) is 0 Å². The number of hydroxylamine groups is 2. The van der Waals surface area contributed by atoms with Gasteiger partial charge in [-0.25, -0.2) is 9.59 Å². The Labute approximate surface area is 174 Å². The molecule has 0 spiro atoms. The highest BCUT2D eigenvalue weighted by Gasteiger charge is 2.37. The second-order valence-corrected chi connectivity index (χ2v) is 7.98. The van der Waals surface area contributed by atoms with E-state index in [1.165, 1.54) is 18.2 Å². The molecular weight excluding hydrogens is 392 g/mol. The van der Waals surface area contributed by atoms with Gasteiger partial charge in [-0.1, -0.05) is 23.8 Å². The first-order chi connectivity index (χ1) is 13.9. The van der Waals surface area contributed by atoms with E-state index in [2.05, 4.69) is 0 Å². The largest absolute Gasteiger partial charge is 0.479 e. The molecule has 9 heteroatoms. The Balaban J connectivity index is 2.16. The highest BCUT2D eigenvalue weighted by molar-refractivity contribution is 6.20. The molecule has 9 nitrogen and oxygen atoms in total. The van der Waals surface area contributed by atoms with Crippen LogP contribution in [0.3, 0.4) is 0 Å². The van der Waals surface area contributed by atoms with E-state index in [-0.39, 0.29) is 24.3 Å². The van der Waals surface area contributed by atoms with Gasteiger partial charge in [0.05, 0.1) is 24.3 Å². The quantitative estimate of drug-likeness (QED) is 0.535. The van der Waals surface area contributed by atoms with Crippen LogP contribution in [0.25, 0.3) is 0 Å². The van der Waals surface area contributed by atoms with Gasteiger partial charge in [-0.3, -0.25) is 19.3 Å². The SMILES string of the molecule is CC(C)=CC(C(=O)O)N(CCON1C(=O)c2ccccc2C1=O)C(=O)OC(C)(C)C. The molecular formula is C21H26N2O7. The van der Waals surface area contributed by atoms with Gasteiger partial charge < -0.3 is 9.84 Å². The van der Waals surface area contributed by atoms with Crippen molar-refractivity contribution < 1.29 is 33.9 Å². The van der Waals surface area contributed by atoms with Gasteiger partial charge in [0.25, 0.3) is 11.8 Å². The number of carboxylic acid groups (broad SMARTS) is 1. The molecule has 162 valence electrons. The van der Waals surface area contributed by atoms with Gasteiger partial charge in [-0.15, -0.1) is 5.06 Å². The normalized spacial score (nSPS) is 14.2. The highest BCUT2D eigenvalue weighted by atomic mass is 16.7. The van der Waals surface area contributed by atoms with Crippen molar-refractivity contribution in [3.05, 3.63) is 47.0 Å². The predicted molar refractivity (Wildman–Crippen MR) is 107 cm³/mol. The Morgan fingerprint density at radius 3 is 2.10 bits per heavy atom. The number of allylic oxidation sites excluding steroid dienone is 1. The summed E-state index contributed by atoms with van der Waals surface area (Å²) in [5.74, 6) is -2.47. The first-order valence-corrected chi connectivity index (χ1v) is 9.40. The third kappa shape index (κ3) is 5.44. The summed E-state index contributed by atoms with van der Waals surface area (Å²) in [6, 6.07) is 5.00. The number of amides is 3. The van der Waals surface area contributed by atoms with Crippen molar-refractivity contribution in [3.8, 4) is 0 Å². The van der Waals surface area contributed by atoms with Crippen molar-refractivity contribution in [1.82, 2.24) is 9.96 Å². The summed E-state index contributed by atoms with van der Waals surface area (Å²) in [4.78, 5) is 55.4. The van der Waals surface area contributed by atoms with Crippen molar-refractivity contribution in [2.45, 2.75) is 46.3 Å². The third-order valence-electron chi connectivity index (χ3n) is 4.02. The summed E-state index contributed by atoms with van der Waals surface area (Å²) in [7, 11) is 0. The van der Waals surface area contributed by atoms with Crippen molar-refractivity contribution in [2.75, 3.05) is 13.2 Å². The van der Waals surface area contributed by atoms with Crippen molar-refractivity contribution in [1.29, 1.82) is 0 Å². The molecule has 1 aliphatic rings. The summed E-state index contributed by atoms with van der Waals surface area (Å²) in [5, 5.41) is 10.2. The summed E-state index contributed by atoms with van der Waals surface area (Å²) in [5.41, 5.74) is 0.295. The first-order valence-electron chi connectivity index (χ1n) is 9.40. The molecule has 1 unspecified atom stereocenters. The number of hydrogen-bond acceptors (Lipinski definition) is 6. The molecule has 0 saturated heterocycles. The van der Waals surface area contributed by atoms with Gasteiger partial charge in [0.15, 0.2) is 6.04 Å². The summed E-state index contributed by atoms with van der Waals surface area (Å²) >= 11 is 0. The van der Waals surface area contributed by atoms with Crippen LogP contribution in [0.4, 0.5) is 4.79 Å². The number of aliphatic carboxylic acids is 1. The Morgan fingerprint density at radius 1 is 1.13 bits per heavy atom. The predicted octanol–water partition coefficient (Wildman–Crippen LogP) is 2.87. The first kappa shape index (κ1) is 23.1. The van der Waals surface area contributed by atoms with E-state index in [0.29, 0.717) is 10.6 Å². The molecule has 1 N–H and O–H groups in total. The number of rotatable bonds is 7. The number of hydrogen-bond donors (Lipinski definition) is 1. The number of carbonyl (C=O) groups is 4. The second-order valence-electron chi connectivity index (χ2n) is 7.98. The van der Waals surface area contributed by atoms with Crippen LogP contribution in [0.1, 0.15) is 55.3 Å². The zero-order valence-corrected chi connectivity index (χ0v) is 17.7. The number of carboxylic acids is 1. The van der Waals surface area contributed by atoms with Crippen LogP contribution in [0.5, 0.6) is 0 Å². The molecule has 2 rings (SSSR count). The monoisotopic (exact) mass is 418 g/mol. The molecule has 0 bridgehead atoms. The Morgan fingerprint density at radius 2 is 1.67 bits per heavy atom. The number of benzene rings is 1. The molecule has 0 aliphatic carbocycles. The molecule has 1 aliphatic heterocycles. The zero-order chi connectivity index (χ0) is 22.6. The maximum atomic E-state index is 12.6. The topological polar surface area (TPSA) is 113 Å². The van der Waals surface area contributed by atoms with Crippen LogP contribution in [-0.2, 0) is 14.4 Å². The van der Waals surface area contributed by atoms with Gasteiger partial charge in [0.2, 0.25) is 0 Å². The number of carbonyl (C=O) groups excluding carboxylic acids is 3. The van der Waals surface area contributed by atoms with Gasteiger partial charge in [0, 0.05) is 0 Å². The standard InChI is InChI=1S/C21H26N2O7/c1-13(2)12-16(19(26)27)22(20(28)30-21(3,4)5)10-11-29-23-17(24)14-8-6-7-9-15(14)18(23)25/h6-9,12,16H,10-11H2,1-5H3,(H,26,27). The number of ether oxygens (including phenoxy) is 1. The molecule has 0 radical (unpaired) electrons. The Hall–Kier alpha value is -3.20. The van der Waals surface area contributed by atoms with E-state index < -0.39 is 35.5 Å². The second kappa shape index (κ2) is 9.08. The minimum absolute atomic E-state index is 0.219. The van der Waals surface area contributed by atoms with Gasteiger partial charge >= 0.3 is 12.1 Å². The summed E-state index contributed by atoms with van der Waals surface area (Å²) in [6.45, 7) is 7.89. The average molecular weight is 418 g/mol. The van der Waals surface area contributed by atoms with E-state index in [0.717, 1.165) is 4.90 Å². The van der Waals surface area contributed by atoms with Crippen LogP contribution >= 0.6 is 0 Å². The lowest BCUT2D eigenvalue weighted by Crippen LogP contribution is -2.48. The molecule has 30 heavy (non-hydrogen) atoms. The fourth-order valence-corrected chi connectivity index (χ4v) is 2.79. The lowest BCUT2D eigenvalue weighted by molar-refractivity contribution is -0.142. The maximum absolute atomic E-state index is 12.6. The van der Waals surface area contributed by atoms with E-state index in [9.17, 15) is 24.3 Å². The fraction of sp³-hybridized carbons (Fsp3) is 0.429. The van der Waals surface area contributed by atoms with Crippen molar-refractivity contribution >= 4 is 23.9 Å². The fourth-order valence-electron chi connectivity index (χ4n) is 2.79. The Kier molecular flexibility index (Phi) is 6.99. The molecule has 0 saturated carbocycles. The van der Waals surface area contributed by atoms with Crippen LogP contribution in [0, 0.1) is 0 Å². The maximum Gasteiger partial charge on any atom is 0.411 e. The molecule has 3 amide bonds. The van der Waals surface area contributed by atoms with Crippen LogP contribution < -0.4 is 0 Å².